The first-order valence-corrected chi connectivity index (χ1v) is 6.21. The maximum absolute atomic E-state index is 13.1. The summed E-state index contributed by atoms with van der Waals surface area (Å²) in [7, 11) is 0. The summed E-state index contributed by atoms with van der Waals surface area (Å²) in [6.45, 7) is 1.87. The predicted octanol–water partition coefficient (Wildman–Crippen LogP) is 2.67. The molecule has 19 heavy (non-hydrogen) atoms. The molecule has 0 aliphatic carbocycles. The molecule has 2 heterocycles. The molecule has 0 spiro atoms. The second-order valence-electron chi connectivity index (χ2n) is 3.90. The fourth-order valence-electron chi connectivity index (χ4n) is 1.79. The Hall–Kier alpha value is -1.60. The highest BCUT2D eigenvalue weighted by atomic mass is 35.5. The van der Waals surface area contributed by atoms with Crippen LogP contribution in [-0.4, -0.2) is 26.2 Å². The lowest BCUT2D eigenvalue weighted by atomic mass is 10.3. The summed E-state index contributed by atoms with van der Waals surface area (Å²) in [5.74, 6) is 0.231. The van der Waals surface area contributed by atoms with Crippen LogP contribution in [0.2, 0.25) is 0 Å². The number of amides is 1. The largest absolute Gasteiger partial charge is 0.337 e. The highest BCUT2D eigenvalue weighted by molar-refractivity contribution is 8.14. The van der Waals surface area contributed by atoms with Crippen LogP contribution in [0.5, 0.6) is 0 Å². The van der Waals surface area contributed by atoms with Crippen molar-refractivity contribution in [1.29, 1.82) is 0 Å². The van der Waals surface area contributed by atoms with Gasteiger partial charge >= 0.3 is 0 Å². The van der Waals surface area contributed by atoms with E-state index in [1.807, 2.05) is 6.92 Å². The van der Waals surface area contributed by atoms with Crippen LogP contribution in [0.1, 0.15) is 12.7 Å². The Kier molecular flexibility index (Phi) is 3.77. The van der Waals surface area contributed by atoms with Gasteiger partial charge in [-0.2, -0.15) is 5.10 Å². The lowest BCUT2D eigenvalue weighted by molar-refractivity contribution is 0.261. The summed E-state index contributed by atoms with van der Waals surface area (Å²) < 4.78 is 13.1. The van der Waals surface area contributed by atoms with Gasteiger partial charge < -0.3 is 4.98 Å². The Morgan fingerprint density at radius 1 is 1.42 bits per heavy atom. The number of aromatic amines is 1. The zero-order valence-electron chi connectivity index (χ0n) is 9.81. The van der Waals surface area contributed by atoms with E-state index in [0.717, 1.165) is 11.8 Å². The highest BCUT2D eigenvalue weighted by Gasteiger charge is 2.24. The zero-order valence-corrected chi connectivity index (χ0v) is 11.4. The average molecular weight is 301 g/mol. The molecule has 0 saturated carbocycles. The molecule has 1 aromatic heterocycles. The normalized spacial score (nSPS) is 18.7. The Morgan fingerprint density at radius 2 is 2.21 bits per heavy atom. The third kappa shape index (κ3) is 2.57. The molecular formula is C11H10ClFN4OS. The second-order valence-corrected chi connectivity index (χ2v) is 5.22. The summed E-state index contributed by atoms with van der Waals surface area (Å²) in [5, 5.41) is 3.71. The van der Waals surface area contributed by atoms with Gasteiger partial charge in [-0.05, 0) is 25.1 Å². The van der Waals surface area contributed by atoms with Crippen LogP contribution in [-0.2, 0) is 0 Å². The lowest BCUT2D eigenvalue weighted by Gasteiger charge is -2.16. The zero-order chi connectivity index (χ0) is 12.7. The van der Waals surface area contributed by atoms with Crippen molar-refractivity contribution in [3.05, 3.63) is 29.8 Å². The molecule has 2 N–H and O–H groups in total. The average Bonchev–Trinajstić information content (AvgIpc) is 2.71. The molecule has 2 aromatic rings. The molecule has 3 rings (SSSR count). The summed E-state index contributed by atoms with van der Waals surface area (Å²) in [4.78, 5) is 18.5. The van der Waals surface area contributed by atoms with Gasteiger partial charge in [0.1, 0.15) is 11.5 Å². The predicted molar refractivity (Wildman–Crippen MR) is 75.4 cm³/mol. The van der Waals surface area contributed by atoms with Crippen molar-refractivity contribution in [2.75, 3.05) is 0 Å². The molecule has 1 aliphatic heterocycles. The van der Waals surface area contributed by atoms with Crippen molar-refractivity contribution >= 4 is 46.2 Å². The van der Waals surface area contributed by atoms with Crippen molar-refractivity contribution < 1.29 is 9.18 Å². The minimum Gasteiger partial charge on any atom is -0.337 e. The Morgan fingerprint density at radius 3 is 2.95 bits per heavy atom. The summed E-state index contributed by atoms with van der Waals surface area (Å²) in [6, 6.07) is 4.34. The van der Waals surface area contributed by atoms with Gasteiger partial charge in [0.2, 0.25) is 0 Å². The number of nitrogens with one attached hydrogen (secondary N) is 2. The Labute approximate surface area is 118 Å². The van der Waals surface area contributed by atoms with Gasteiger partial charge in [0.25, 0.3) is 5.24 Å². The van der Waals surface area contributed by atoms with Crippen molar-refractivity contribution in [3.8, 4) is 0 Å². The fourth-order valence-corrected chi connectivity index (χ4v) is 2.48. The van der Waals surface area contributed by atoms with E-state index in [0.29, 0.717) is 22.6 Å². The third-order valence-corrected chi connectivity index (χ3v) is 3.51. The van der Waals surface area contributed by atoms with Crippen molar-refractivity contribution in [2.24, 2.45) is 5.10 Å². The first kappa shape index (κ1) is 13.8. The number of aromatic nitrogens is 2. The Bertz CT molecular complexity index is 672. The van der Waals surface area contributed by atoms with Crippen LogP contribution in [0.25, 0.3) is 11.0 Å². The molecule has 1 atom stereocenters. The van der Waals surface area contributed by atoms with E-state index in [-0.39, 0.29) is 28.7 Å². The van der Waals surface area contributed by atoms with Gasteiger partial charge in [-0.15, -0.1) is 12.4 Å². The van der Waals surface area contributed by atoms with E-state index in [4.69, 9.17) is 0 Å². The molecule has 0 bridgehead atoms. The number of carbonyl (C=O) groups is 1. The number of rotatable bonds is 1. The molecule has 5 nitrogen and oxygen atoms in total. The Balaban J connectivity index is 0.00000133. The number of H-pyrrole nitrogens is 1. The summed E-state index contributed by atoms with van der Waals surface area (Å²) in [5.41, 5.74) is 4.33. The van der Waals surface area contributed by atoms with Crippen LogP contribution >= 0.6 is 24.2 Å². The van der Waals surface area contributed by atoms with Crippen LogP contribution < -0.4 is 5.43 Å². The number of halogens is 2. The molecule has 1 aliphatic rings. The van der Waals surface area contributed by atoms with Crippen molar-refractivity contribution in [1.82, 2.24) is 15.4 Å². The van der Waals surface area contributed by atoms with Crippen molar-refractivity contribution in [2.45, 2.75) is 12.2 Å². The van der Waals surface area contributed by atoms with Crippen LogP contribution in [0, 0.1) is 5.82 Å². The van der Waals surface area contributed by atoms with E-state index in [1.54, 1.807) is 6.07 Å². The molecule has 1 amide bonds. The monoisotopic (exact) mass is 300 g/mol. The molecule has 0 saturated heterocycles. The SMILES string of the molecule is CC1SC(=O)NN=C1c1nc2ccc(F)cc2[nH]1.Cl. The third-order valence-electron chi connectivity index (χ3n) is 2.62. The number of carbonyl (C=O) groups excluding carboxylic acids is 1. The standard InChI is InChI=1S/C11H9FN4OS.ClH/c1-5-9(15-16-11(17)18-5)10-13-7-3-2-6(12)4-8(7)14-10;/h2-5H,1H3,(H,13,14)(H,16,17);1H. The number of thioether (sulfide) groups is 1. The smallest absolute Gasteiger partial charge is 0.299 e. The second kappa shape index (κ2) is 5.18. The van der Waals surface area contributed by atoms with E-state index in [9.17, 15) is 9.18 Å². The van der Waals surface area contributed by atoms with E-state index < -0.39 is 0 Å². The molecule has 100 valence electrons. The van der Waals surface area contributed by atoms with E-state index >= 15 is 0 Å². The lowest BCUT2D eigenvalue weighted by Crippen LogP contribution is -2.30. The number of hydrazone groups is 1. The molecule has 8 heteroatoms. The maximum atomic E-state index is 13.1. The maximum Gasteiger partial charge on any atom is 0.299 e. The van der Waals surface area contributed by atoms with Gasteiger partial charge in [-0.25, -0.2) is 14.8 Å². The van der Waals surface area contributed by atoms with Crippen LogP contribution in [0.4, 0.5) is 9.18 Å². The van der Waals surface area contributed by atoms with Crippen LogP contribution in [0.3, 0.4) is 0 Å². The summed E-state index contributed by atoms with van der Waals surface area (Å²) >= 11 is 1.14. The van der Waals surface area contributed by atoms with Gasteiger partial charge in [0, 0.05) is 0 Å². The quantitative estimate of drug-likeness (QED) is 0.850. The van der Waals surface area contributed by atoms with Gasteiger partial charge in [-0.1, -0.05) is 11.8 Å². The summed E-state index contributed by atoms with van der Waals surface area (Å²) in [6.07, 6.45) is 0. The van der Waals surface area contributed by atoms with E-state index in [1.165, 1.54) is 12.1 Å². The minimum atomic E-state index is -0.320. The fraction of sp³-hybridized carbons (Fsp3) is 0.182. The number of hydrogen-bond acceptors (Lipinski definition) is 4. The first-order valence-electron chi connectivity index (χ1n) is 5.33. The molecule has 1 unspecified atom stereocenters. The number of fused-ring (bicyclic) bond motifs is 1. The number of nitrogens with zero attached hydrogens (tertiary/aromatic N) is 2. The molecule has 0 fully saturated rings. The number of benzene rings is 1. The topological polar surface area (TPSA) is 70.1 Å². The van der Waals surface area contributed by atoms with E-state index in [2.05, 4.69) is 20.5 Å². The highest BCUT2D eigenvalue weighted by Crippen LogP contribution is 2.21. The van der Waals surface area contributed by atoms with Crippen LogP contribution in [0.15, 0.2) is 23.3 Å². The van der Waals surface area contributed by atoms with Crippen molar-refractivity contribution in [3.63, 3.8) is 0 Å². The number of imidazole rings is 1. The first-order chi connectivity index (χ1) is 8.63. The van der Waals surface area contributed by atoms with Gasteiger partial charge in [0.15, 0.2) is 5.82 Å². The van der Waals surface area contributed by atoms with Gasteiger partial charge in [-0.3, -0.25) is 4.79 Å². The minimum absolute atomic E-state index is 0. The molecular weight excluding hydrogens is 291 g/mol. The number of hydrogen-bond donors (Lipinski definition) is 2. The molecule has 1 aromatic carbocycles. The molecule has 0 radical (unpaired) electrons. The van der Waals surface area contributed by atoms with Gasteiger partial charge in [0.05, 0.1) is 16.3 Å².